The van der Waals surface area contributed by atoms with Gasteiger partial charge < -0.3 is 10.6 Å². The van der Waals surface area contributed by atoms with Crippen LogP contribution in [-0.2, 0) is 11.3 Å². The van der Waals surface area contributed by atoms with Crippen molar-refractivity contribution in [1.82, 2.24) is 15.5 Å². The Morgan fingerprint density at radius 3 is 2.38 bits per heavy atom. The summed E-state index contributed by atoms with van der Waals surface area (Å²) in [5, 5.41) is 6.92. The Labute approximate surface area is 155 Å². The van der Waals surface area contributed by atoms with Gasteiger partial charge in [0.25, 0.3) is 0 Å². The maximum Gasteiger partial charge on any atom is 0.220 e. The summed E-state index contributed by atoms with van der Waals surface area (Å²) in [5.74, 6) is 0.623. The van der Waals surface area contributed by atoms with Gasteiger partial charge in [-0.3, -0.25) is 9.69 Å². The summed E-state index contributed by atoms with van der Waals surface area (Å²) in [7, 11) is 0. The van der Waals surface area contributed by atoms with Crippen LogP contribution in [0.2, 0.25) is 0 Å². The molecule has 5 heteroatoms. The molecule has 2 atom stereocenters. The van der Waals surface area contributed by atoms with E-state index in [4.69, 9.17) is 0 Å². The summed E-state index contributed by atoms with van der Waals surface area (Å²) in [5.41, 5.74) is 1.15. The number of rotatable bonds is 5. The van der Waals surface area contributed by atoms with E-state index < -0.39 is 0 Å². The smallest absolute Gasteiger partial charge is 0.220 e. The van der Waals surface area contributed by atoms with Crippen LogP contribution in [0, 0.1) is 11.7 Å². The van der Waals surface area contributed by atoms with Crippen LogP contribution in [-0.4, -0.2) is 42.0 Å². The second kappa shape index (κ2) is 8.05. The zero-order valence-electron chi connectivity index (χ0n) is 15.4. The van der Waals surface area contributed by atoms with E-state index in [9.17, 15) is 9.18 Å². The zero-order chi connectivity index (χ0) is 17.9. The Kier molecular flexibility index (Phi) is 5.55. The molecule has 4 nitrogen and oxygen atoms in total. The summed E-state index contributed by atoms with van der Waals surface area (Å²) >= 11 is 0. The van der Waals surface area contributed by atoms with E-state index in [0.29, 0.717) is 30.5 Å². The van der Waals surface area contributed by atoms with E-state index >= 15 is 0 Å². The number of carbonyl (C=O) groups excluding carboxylic acids is 1. The fraction of sp³-hybridized carbons (Fsp3) is 0.667. The van der Waals surface area contributed by atoms with Crippen molar-refractivity contribution in [3.63, 3.8) is 0 Å². The standard InChI is InChI=1S/C21H30FN3O/c22-17-3-1-15(2-4-17)14-25-9-7-18(8-10-25)24-21(26)13-16-11-19-5-6-20(12-16)23-19/h1-4,16,18-20,23H,5-14H2,(H,24,26). The van der Waals surface area contributed by atoms with E-state index in [0.717, 1.165) is 38.0 Å². The zero-order valence-corrected chi connectivity index (χ0v) is 15.4. The minimum absolute atomic E-state index is 0.183. The predicted molar refractivity (Wildman–Crippen MR) is 100 cm³/mol. The first-order chi connectivity index (χ1) is 12.6. The highest BCUT2D eigenvalue weighted by molar-refractivity contribution is 5.76. The molecule has 2 N–H and O–H groups in total. The van der Waals surface area contributed by atoms with E-state index in [-0.39, 0.29) is 11.7 Å². The highest BCUT2D eigenvalue weighted by atomic mass is 19.1. The van der Waals surface area contributed by atoms with Crippen molar-refractivity contribution >= 4 is 5.91 Å². The van der Waals surface area contributed by atoms with Gasteiger partial charge in [-0.25, -0.2) is 4.39 Å². The number of fused-ring (bicyclic) bond motifs is 2. The van der Waals surface area contributed by atoms with E-state index in [1.807, 2.05) is 12.1 Å². The summed E-state index contributed by atoms with van der Waals surface area (Å²) < 4.78 is 13.0. The molecule has 0 spiro atoms. The quantitative estimate of drug-likeness (QED) is 0.850. The third kappa shape index (κ3) is 4.63. The van der Waals surface area contributed by atoms with Crippen LogP contribution in [0.1, 0.15) is 50.5 Å². The van der Waals surface area contributed by atoms with Crippen LogP contribution in [0.3, 0.4) is 0 Å². The minimum Gasteiger partial charge on any atom is -0.353 e. The molecule has 3 heterocycles. The molecule has 3 saturated heterocycles. The monoisotopic (exact) mass is 359 g/mol. The van der Waals surface area contributed by atoms with Crippen LogP contribution in [0.15, 0.2) is 24.3 Å². The number of nitrogens with zero attached hydrogens (tertiary/aromatic N) is 1. The molecule has 2 bridgehead atoms. The third-order valence-electron chi connectivity index (χ3n) is 6.32. The van der Waals surface area contributed by atoms with Crippen LogP contribution in [0.5, 0.6) is 0 Å². The lowest BCUT2D eigenvalue weighted by molar-refractivity contribution is -0.123. The molecule has 3 aliphatic rings. The maximum absolute atomic E-state index is 13.0. The second-order valence-electron chi connectivity index (χ2n) is 8.42. The Hall–Kier alpha value is -1.46. The highest BCUT2D eigenvalue weighted by Crippen LogP contribution is 2.32. The molecular weight excluding hydrogens is 329 g/mol. The molecule has 1 amide bonds. The SMILES string of the molecule is O=C(CC1CC2CCC(C1)N2)NC1CCN(Cc2ccc(F)cc2)CC1. The lowest BCUT2D eigenvalue weighted by atomic mass is 9.89. The third-order valence-corrected chi connectivity index (χ3v) is 6.32. The summed E-state index contributed by atoms with van der Waals surface area (Å²) in [6.07, 6.45) is 7.62. The molecule has 0 radical (unpaired) electrons. The topological polar surface area (TPSA) is 44.4 Å². The average Bonchev–Trinajstić information content (AvgIpc) is 2.97. The Bertz CT molecular complexity index is 600. The number of benzene rings is 1. The number of likely N-dealkylation sites (tertiary alicyclic amines) is 1. The Morgan fingerprint density at radius 1 is 1.08 bits per heavy atom. The summed E-state index contributed by atoms with van der Waals surface area (Å²) in [6, 6.07) is 8.38. The van der Waals surface area contributed by atoms with Crippen molar-refractivity contribution in [3.8, 4) is 0 Å². The summed E-state index contributed by atoms with van der Waals surface area (Å²) in [6.45, 7) is 2.83. The fourth-order valence-electron chi connectivity index (χ4n) is 4.97. The Morgan fingerprint density at radius 2 is 1.73 bits per heavy atom. The predicted octanol–water partition coefficient (Wildman–Crippen LogP) is 2.83. The van der Waals surface area contributed by atoms with Gasteiger partial charge in [-0.15, -0.1) is 0 Å². The van der Waals surface area contributed by atoms with E-state index in [1.165, 1.54) is 37.8 Å². The van der Waals surface area contributed by atoms with Gasteiger partial charge in [0.2, 0.25) is 5.91 Å². The number of halogens is 1. The number of carbonyl (C=O) groups is 1. The molecule has 0 saturated carbocycles. The van der Waals surface area contributed by atoms with Crippen LogP contribution in [0.4, 0.5) is 4.39 Å². The molecule has 142 valence electrons. The average molecular weight is 359 g/mol. The number of piperidine rings is 2. The van der Waals surface area contributed by atoms with Gasteiger partial charge >= 0.3 is 0 Å². The van der Waals surface area contributed by atoms with E-state index in [2.05, 4.69) is 15.5 Å². The largest absolute Gasteiger partial charge is 0.353 e. The van der Waals surface area contributed by atoms with Crippen molar-refractivity contribution in [1.29, 1.82) is 0 Å². The molecule has 1 aromatic carbocycles. The number of nitrogens with one attached hydrogen (secondary N) is 2. The van der Waals surface area contributed by atoms with Gasteiger partial charge in [0.15, 0.2) is 0 Å². The normalized spacial score (nSPS) is 29.7. The van der Waals surface area contributed by atoms with Crippen LogP contribution in [0.25, 0.3) is 0 Å². The van der Waals surface area contributed by atoms with Crippen LogP contribution < -0.4 is 10.6 Å². The molecule has 26 heavy (non-hydrogen) atoms. The molecule has 1 aromatic rings. The van der Waals surface area contributed by atoms with Gasteiger partial charge in [-0.05, 0) is 62.1 Å². The van der Waals surface area contributed by atoms with Crippen LogP contribution >= 0.6 is 0 Å². The molecule has 2 unspecified atom stereocenters. The molecule has 4 rings (SSSR count). The summed E-state index contributed by atoms with van der Waals surface area (Å²) in [4.78, 5) is 14.8. The second-order valence-corrected chi connectivity index (χ2v) is 8.42. The lowest BCUT2D eigenvalue weighted by Gasteiger charge is -2.33. The van der Waals surface area contributed by atoms with Crippen molar-refractivity contribution in [2.45, 2.75) is 69.6 Å². The van der Waals surface area contributed by atoms with Crippen molar-refractivity contribution in [3.05, 3.63) is 35.6 Å². The van der Waals surface area contributed by atoms with E-state index in [1.54, 1.807) is 0 Å². The van der Waals surface area contributed by atoms with Gasteiger partial charge in [-0.2, -0.15) is 0 Å². The van der Waals surface area contributed by atoms with Crippen molar-refractivity contribution < 1.29 is 9.18 Å². The fourth-order valence-corrected chi connectivity index (χ4v) is 4.97. The molecule has 0 aromatic heterocycles. The molecular formula is C21H30FN3O. The first-order valence-electron chi connectivity index (χ1n) is 10.2. The molecule has 3 aliphatic heterocycles. The number of amides is 1. The Balaban J connectivity index is 1.17. The number of hydrogen-bond donors (Lipinski definition) is 2. The lowest BCUT2D eigenvalue weighted by Crippen LogP contribution is -2.45. The van der Waals surface area contributed by atoms with Gasteiger partial charge in [0, 0.05) is 44.2 Å². The maximum atomic E-state index is 13.0. The first-order valence-corrected chi connectivity index (χ1v) is 10.2. The van der Waals surface area contributed by atoms with Gasteiger partial charge in [0.1, 0.15) is 5.82 Å². The highest BCUT2D eigenvalue weighted by Gasteiger charge is 2.34. The molecule has 3 fully saturated rings. The van der Waals surface area contributed by atoms with Gasteiger partial charge in [-0.1, -0.05) is 12.1 Å². The van der Waals surface area contributed by atoms with Crippen molar-refractivity contribution in [2.75, 3.05) is 13.1 Å². The molecule has 0 aliphatic carbocycles. The minimum atomic E-state index is -0.183. The van der Waals surface area contributed by atoms with Gasteiger partial charge in [0.05, 0.1) is 0 Å². The van der Waals surface area contributed by atoms with Crippen molar-refractivity contribution in [2.24, 2.45) is 5.92 Å². The number of hydrogen-bond acceptors (Lipinski definition) is 3. The first kappa shape index (κ1) is 17.9.